The van der Waals surface area contributed by atoms with E-state index in [1.165, 1.54) is 70.0 Å². The highest BCUT2D eigenvalue weighted by atomic mass is 32.2. The van der Waals surface area contributed by atoms with Gasteiger partial charge in [-0.3, -0.25) is 4.79 Å². The van der Waals surface area contributed by atoms with E-state index >= 15 is 0 Å². The van der Waals surface area contributed by atoms with Crippen LogP contribution in [0, 0.1) is 5.92 Å². The molecule has 2 nitrogen and oxygen atoms in total. The second-order valence-corrected chi connectivity index (χ2v) is 8.91. The number of carboxylic acid groups (broad SMARTS) is 1. The summed E-state index contributed by atoms with van der Waals surface area (Å²) in [6.07, 6.45) is 15.3. The molecule has 0 amide bonds. The molecule has 0 bridgehead atoms. The molecule has 1 rings (SSSR count). The molecule has 0 radical (unpaired) electrons. The summed E-state index contributed by atoms with van der Waals surface area (Å²) in [5, 5.41) is 9.49. The molecular weight excluding hydrogens is 312 g/mol. The van der Waals surface area contributed by atoms with E-state index in [1.54, 1.807) is 11.8 Å². The summed E-state index contributed by atoms with van der Waals surface area (Å²) in [7, 11) is 0. The maximum Gasteiger partial charge on any atom is 0.313 e. The van der Waals surface area contributed by atoms with Crippen LogP contribution in [0.2, 0.25) is 0 Å². The van der Waals surface area contributed by atoms with Crippen LogP contribution < -0.4 is 0 Å². The molecule has 0 saturated heterocycles. The van der Waals surface area contributed by atoms with E-state index in [-0.39, 0.29) is 5.75 Å². The van der Waals surface area contributed by atoms with Crippen LogP contribution in [0.15, 0.2) is 0 Å². The van der Waals surface area contributed by atoms with Crippen LogP contribution in [0.5, 0.6) is 0 Å². The number of carboxylic acids is 1. The number of rotatable bonds is 14. The summed E-state index contributed by atoms with van der Waals surface area (Å²) in [6.45, 7) is 2.28. The third kappa shape index (κ3) is 10.0. The van der Waals surface area contributed by atoms with Gasteiger partial charge in [0.15, 0.2) is 0 Å². The lowest BCUT2D eigenvalue weighted by Gasteiger charge is -2.19. The van der Waals surface area contributed by atoms with Crippen LogP contribution in [0.4, 0.5) is 0 Å². The average molecular weight is 347 g/mol. The number of hydrogen-bond donors (Lipinski definition) is 1. The fourth-order valence-corrected chi connectivity index (χ4v) is 5.64. The van der Waals surface area contributed by atoms with E-state index in [4.69, 9.17) is 5.11 Å². The Labute approximate surface area is 145 Å². The van der Waals surface area contributed by atoms with Crippen molar-refractivity contribution in [3.8, 4) is 0 Å². The highest BCUT2D eigenvalue weighted by molar-refractivity contribution is 8.00. The van der Waals surface area contributed by atoms with Crippen molar-refractivity contribution in [2.24, 2.45) is 5.92 Å². The minimum Gasteiger partial charge on any atom is -0.481 e. The fourth-order valence-electron chi connectivity index (χ4n) is 3.29. The van der Waals surface area contributed by atoms with Gasteiger partial charge in [-0.05, 0) is 43.1 Å². The molecule has 1 N–H and O–H groups in total. The minimum atomic E-state index is -0.688. The zero-order valence-electron chi connectivity index (χ0n) is 14.2. The molecule has 1 aliphatic rings. The molecule has 0 aliphatic heterocycles. The molecule has 1 saturated carbocycles. The van der Waals surface area contributed by atoms with Gasteiger partial charge in [-0.2, -0.15) is 23.5 Å². The number of thioether (sulfide) groups is 2. The number of carbonyl (C=O) groups is 1. The SMILES string of the molecule is CCCCCCCC[C@H]1CCC[C@@H]1SCCCSCC(=O)O. The molecular formula is C18H34O2S2. The lowest BCUT2D eigenvalue weighted by molar-refractivity contribution is -0.133. The van der Waals surface area contributed by atoms with Gasteiger partial charge in [-0.25, -0.2) is 0 Å². The zero-order valence-corrected chi connectivity index (χ0v) is 15.9. The van der Waals surface area contributed by atoms with Crippen LogP contribution in [0.25, 0.3) is 0 Å². The number of aliphatic carboxylic acids is 1. The van der Waals surface area contributed by atoms with E-state index in [0.717, 1.165) is 23.3 Å². The van der Waals surface area contributed by atoms with Crippen molar-refractivity contribution in [3.63, 3.8) is 0 Å². The third-order valence-corrected chi connectivity index (χ3v) is 7.11. The van der Waals surface area contributed by atoms with Crippen LogP contribution in [-0.2, 0) is 4.79 Å². The van der Waals surface area contributed by atoms with Crippen molar-refractivity contribution >= 4 is 29.5 Å². The normalized spacial score (nSPS) is 21.3. The van der Waals surface area contributed by atoms with Crippen molar-refractivity contribution in [2.45, 2.75) is 82.8 Å². The zero-order chi connectivity index (χ0) is 16.0. The first-order chi connectivity index (χ1) is 10.7. The van der Waals surface area contributed by atoms with Crippen LogP contribution in [0.1, 0.15) is 77.6 Å². The van der Waals surface area contributed by atoms with E-state index in [1.807, 2.05) is 0 Å². The second-order valence-electron chi connectivity index (χ2n) is 6.46. The first kappa shape index (κ1) is 20.2. The van der Waals surface area contributed by atoms with Crippen molar-refractivity contribution in [1.82, 2.24) is 0 Å². The molecule has 0 unspecified atom stereocenters. The second kappa shape index (κ2) is 13.6. The summed E-state index contributed by atoms with van der Waals surface area (Å²) in [5.74, 6) is 2.74. The maximum atomic E-state index is 10.4. The molecule has 0 spiro atoms. The van der Waals surface area contributed by atoms with Gasteiger partial charge in [0.2, 0.25) is 0 Å². The Kier molecular flexibility index (Phi) is 12.5. The first-order valence-electron chi connectivity index (χ1n) is 9.15. The Morgan fingerprint density at radius 3 is 2.59 bits per heavy atom. The number of hydrogen-bond acceptors (Lipinski definition) is 3. The third-order valence-electron chi connectivity index (χ3n) is 4.51. The van der Waals surface area contributed by atoms with Crippen molar-refractivity contribution in [3.05, 3.63) is 0 Å². The number of unbranched alkanes of at least 4 members (excludes halogenated alkanes) is 5. The Hall–Kier alpha value is 0.170. The molecule has 0 heterocycles. The molecule has 0 aromatic heterocycles. The van der Waals surface area contributed by atoms with Gasteiger partial charge in [0, 0.05) is 5.25 Å². The average Bonchev–Trinajstić information content (AvgIpc) is 2.93. The van der Waals surface area contributed by atoms with Crippen LogP contribution >= 0.6 is 23.5 Å². The van der Waals surface area contributed by atoms with Gasteiger partial charge in [0.05, 0.1) is 5.75 Å². The fraction of sp³-hybridized carbons (Fsp3) is 0.944. The van der Waals surface area contributed by atoms with E-state index in [2.05, 4.69) is 18.7 Å². The van der Waals surface area contributed by atoms with Crippen molar-refractivity contribution in [2.75, 3.05) is 17.3 Å². The smallest absolute Gasteiger partial charge is 0.313 e. The van der Waals surface area contributed by atoms with E-state index in [9.17, 15) is 4.79 Å². The maximum absolute atomic E-state index is 10.4. The van der Waals surface area contributed by atoms with Crippen molar-refractivity contribution in [1.29, 1.82) is 0 Å². The van der Waals surface area contributed by atoms with E-state index in [0.29, 0.717) is 0 Å². The quantitative estimate of drug-likeness (QED) is 0.400. The first-order valence-corrected chi connectivity index (χ1v) is 11.4. The highest BCUT2D eigenvalue weighted by Gasteiger charge is 2.26. The van der Waals surface area contributed by atoms with E-state index < -0.39 is 5.97 Å². The Morgan fingerprint density at radius 2 is 1.82 bits per heavy atom. The van der Waals surface area contributed by atoms with Crippen LogP contribution in [-0.4, -0.2) is 33.6 Å². The molecule has 2 atom stereocenters. The van der Waals surface area contributed by atoms with Crippen LogP contribution in [0.3, 0.4) is 0 Å². The van der Waals surface area contributed by atoms with Gasteiger partial charge < -0.3 is 5.11 Å². The summed E-state index contributed by atoms with van der Waals surface area (Å²) in [4.78, 5) is 10.4. The Morgan fingerprint density at radius 1 is 1.05 bits per heavy atom. The van der Waals surface area contributed by atoms with Gasteiger partial charge in [0.25, 0.3) is 0 Å². The lowest BCUT2D eigenvalue weighted by atomic mass is 9.99. The van der Waals surface area contributed by atoms with Gasteiger partial charge in [-0.15, -0.1) is 0 Å². The van der Waals surface area contributed by atoms with Gasteiger partial charge >= 0.3 is 5.97 Å². The molecule has 1 fully saturated rings. The van der Waals surface area contributed by atoms with Gasteiger partial charge in [-0.1, -0.05) is 51.9 Å². The molecule has 0 aromatic rings. The summed E-state index contributed by atoms with van der Waals surface area (Å²) in [6, 6.07) is 0. The monoisotopic (exact) mass is 346 g/mol. The van der Waals surface area contributed by atoms with Crippen molar-refractivity contribution < 1.29 is 9.90 Å². The molecule has 4 heteroatoms. The minimum absolute atomic E-state index is 0.259. The highest BCUT2D eigenvalue weighted by Crippen LogP contribution is 2.38. The topological polar surface area (TPSA) is 37.3 Å². The molecule has 130 valence electrons. The van der Waals surface area contributed by atoms with Gasteiger partial charge in [0.1, 0.15) is 0 Å². The Bertz CT molecular complexity index is 284. The molecule has 1 aliphatic carbocycles. The predicted molar refractivity (Wildman–Crippen MR) is 101 cm³/mol. The molecule has 0 aromatic carbocycles. The Balaban J connectivity index is 1.99. The summed E-state index contributed by atoms with van der Waals surface area (Å²) >= 11 is 3.72. The standard InChI is InChI=1S/C18H34O2S2/c1-2-3-4-5-6-7-10-16-11-8-12-17(16)22-14-9-13-21-15-18(19)20/h16-17H,2-15H2,1H3,(H,19,20)/t16-,17-/m0/s1. The summed E-state index contributed by atoms with van der Waals surface area (Å²) in [5.41, 5.74) is 0. The summed E-state index contributed by atoms with van der Waals surface area (Å²) < 4.78 is 0. The predicted octanol–water partition coefficient (Wildman–Crippen LogP) is 5.85. The largest absolute Gasteiger partial charge is 0.481 e. The molecule has 22 heavy (non-hydrogen) atoms. The lowest BCUT2D eigenvalue weighted by Crippen LogP contribution is -2.11.